The topological polar surface area (TPSA) is 81.5 Å². The van der Waals surface area contributed by atoms with Crippen LogP contribution in [0.15, 0.2) is 24.8 Å². The summed E-state index contributed by atoms with van der Waals surface area (Å²) in [6, 6.07) is 1.64. The molecular formula is C13H15FN2O4. The fourth-order valence-electron chi connectivity index (χ4n) is 1.67. The zero-order valence-electron chi connectivity index (χ0n) is 11.2. The molecule has 0 aromatic heterocycles. The van der Waals surface area contributed by atoms with Crippen LogP contribution in [0.5, 0.6) is 0 Å². The molecule has 0 saturated heterocycles. The van der Waals surface area contributed by atoms with Crippen molar-refractivity contribution in [2.45, 2.75) is 19.4 Å². The van der Waals surface area contributed by atoms with Crippen LogP contribution >= 0.6 is 0 Å². The van der Waals surface area contributed by atoms with Gasteiger partial charge in [0.2, 0.25) is 0 Å². The lowest BCUT2D eigenvalue weighted by Gasteiger charge is -2.14. The Kier molecular flexibility index (Phi) is 5.19. The number of nitro benzene ring substituents is 1. The predicted octanol–water partition coefficient (Wildman–Crippen LogP) is 2.90. The van der Waals surface area contributed by atoms with Gasteiger partial charge in [0.05, 0.1) is 23.7 Å². The van der Waals surface area contributed by atoms with Crippen molar-refractivity contribution in [2.75, 3.05) is 12.4 Å². The van der Waals surface area contributed by atoms with Crippen LogP contribution in [0.25, 0.3) is 0 Å². The number of nitrogens with zero attached hydrogens (tertiary/aromatic N) is 1. The maximum Gasteiger partial charge on any atom is 0.340 e. The van der Waals surface area contributed by atoms with E-state index in [1.165, 1.54) is 0 Å². The Morgan fingerprint density at radius 2 is 2.30 bits per heavy atom. The molecule has 6 nitrogen and oxygen atoms in total. The van der Waals surface area contributed by atoms with Gasteiger partial charge in [-0.25, -0.2) is 9.18 Å². The van der Waals surface area contributed by atoms with E-state index in [2.05, 4.69) is 16.6 Å². The summed E-state index contributed by atoms with van der Waals surface area (Å²) in [6.07, 6.45) is 2.20. The lowest BCUT2D eigenvalue weighted by atomic mass is 10.1. The Balaban J connectivity index is 3.26. The second-order valence-electron chi connectivity index (χ2n) is 4.17. The van der Waals surface area contributed by atoms with Crippen LogP contribution in [-0.2, 0) is 4.74 Å². The minimum Gasteiger partial charge on any atom is -0.465 e. The quantitative estimate of drug-likeness (QED) is 0.375. The average molecular weight is 282 g/mol. The van der Waals surface area contributed by atoms with Crippen molar-refractivity contribution >= 4 is 17.3 Å². The van der Waals surface area contributed by atoms with Gasteiger partial charge in [0, 0.05) is 6.04 Å². The molecule has 1 atom stereocenters. The summed E-state index contributed by atoms with van der Waals surface area (Å²) in [4.78, 5) is 21.6. The molecule has 20 heavy (non-hydrogen) atoms. The molecule has 1 N–H and O–H groups in total. The summed E-state index contributed by atoms with van der Waals surface area (Å²) in [5, 5.41) is 13.8. The SMILES string of the molecule is C=CCC(C)Nc1cc(C(=O)OC)c(F)cc1[N+](=O)[O-]. The van der Waals surface area contributed by atoms with E-state index in [0.29, 0.717) is 12.5 Å². The summed E-state index contributed by atoms with van der Waals surface area (Å²) in [6.45, 7) is 5.35. The van der Waals surface area contributed by atoms with Gasteiger partial charge in [0.25, 0.3) is 5.69 Å². The third kappa shape index (κ3) is 3.53. The molecule has 0 aliphatic rings. The van der Waals surface area contributed by atoms with Gasteiger partial charge in [0.15, 0.2) is 0 Å². The van der Waals surface area contributed by atoms with Gasteiger partial charge in [0.1, 0.15) is 11.5 Å². The Labute approximate surface area is 115 Å². The molecular weight excluding hydrogens is 267 g/mol. The number of ether oxygens (including phenoxy) is 1. The third-order valence-electron chi connectivity index (χ3n) is 2.61. The van der Waals surface area contributed by atoms with Crippen LogP contribution in [0.2, 0.25) is 0 Å². The van der Waals surface area contributed by atoms with Gasteiger partial charge in [-0.05, 0) is 19.4 Å². The van der Waals surface area contributed by atoms with E-state index in [0.717, 1.165) is 13.2 Å². The molecule has 0 amide bonds. The molecule has 7 heteroatoms. The molecule has 0 radical (unpaired) electrons. The number of hydrogen-bond acceptors (Lipinski definition) is 5. The highest BCUT2D eigenvalue weighted by atomic mass is 19.1. The molecule has 1 aromatic rings. The van der Waals surface area contributed by atoms with Crippen molar-refractivity contribution < 1.29 is 18.8 Å². The first kappa shape index (κ1) is 15.6. The van der Waals surface area contributed by atoms with Crippen LogP contribution < -0.4 is 5.32 Å². The van der Waals surface area contributed by atoms with Gasteiger partial charge in [-0.15, -0.1) is 6.58 Å². The van der Waals surface area contributed by atoms with Gasteiger partial charge in [-0.3, -0.25) is 10.1 Å². The number of methoxy groups -OCH3 is 1. The van der Waals surface area contributed by atoms with Crippen LogP contribution in [0.4, 0.5) is 15.8 Å². The molecule has 0 aliphatic heterocycles. The summed E-state index contributed by atoms with van der Waals surface area (Å²) >= 11 is 0. The highest BCUT2D eigenvalue weighted by Crippen LogP contribution is 2.29. The number of nitro groups is 1. The minimum atomic E-state index is -0.995. The Morgan fingerprint density at radius 3 is 2.80 bits per heavy atom. The fraction of sp³-hybridized carbons (Fsp3) is 0.308. The van der Waals surface area contributed by atoms with E-state index in [1.807, 2.05) is 0 Å². The third-order valence-corrected chi connectivity index (χ3v) is 2.61. The number of halogens is 1. The highest BCUT2D eigenvalue weighted by molar-refractivity contribution is 5.92. The summed E-state index contributed by atoms with van der Waals surface area (Å²) in [5.74, 6) is -1.89. The number of anilines is 1. The molecule has 0 saturated carbocycles. The van der Waals surface area contributed by atoms with E-state index in [4.69, 9.17) is 0 Å². The van der Waals surface area contributed by atoms with Crippen molar-refractivity contribution in [2.24, 2.45) is 0 Å². The number of carbonyl (C=O) groups is 1. The molecule has 1 aromatic carbocycles. The van der Waals surface area contributed by atoms with Crippen molar-refractivity contribution in [3.05, 3.63) is 46.3 Å². The number of nitrogens with one attached hydrogen (secondary N) is 1. The summed E-state index contributed by atoms with van der Waals surface area (Å²) < 4.78 is 18.1. The smallest absolute Gasteiger partial charge is 0.340 e. The Bertz CT molecular complexity index is 545. The van der Waals surface area contributed by atoms with Crippen LogP contribution in [0.1, 0.15) is 23.7 Å². The van der Waals surface area contributed by atoms with Gasteiger partial charge >= 0.3 is 5.97 Å². The first-order valence-corrected chi connectivity index (χ1v) is 5.84. The van der Waals surface area contributed by atoms with E-state index >= 15 is 0 Å². The predicted molar refractivity (Wildman–Crippen MR) is 72.3 cm³/mol. The number of carbonyl (C=O) groups excluding carboxylic acids is 1. The molecule has 1 rings (SSSR count). The summed E-state index contributed by atoms with van der Waals surface area (Å²) in [7, 11) is 1.11. The molecule has 0 fully saturated rings. The number of benzene rings is 1. The Morgan fingerprint density at radius 1 is 1.65 bits per heavy atom. The zero-order valence-corrected chi connectivity index (χ0v) is 11.2. The van der Waals surface area contributed by atoms with E-state index < -0.39 is 22.4 Å². The normalized spacial score (nSPS) is 11.6. The van der Waals surface area contributed by atoms with E-state index in [9.17, 15) is 19.3 Å². The van der Waals surface area contributed by atoms with E-state index in [-0.39, 0.29) is 17.3 Å². The van der Waals surface area contributed by atoms with Gasteiger partial charge < -0.3 is 10.1 Å². The molecule has 0 aliphatic carbocycles. The maximum absolute atomic E-state index is 13.7. The monoisotopic (exact) mass is 282 g/mol. The highest BCUT2D eigenvalue weighted by Gasteiger charge is 2.23. The number of esters is 1. The molecule has 0 spiro atoms. The number of hydrogen-bond donors (Lipinski definition) is 1. The molecule has 1 unspecified atom stereocenters. The molecule has 0 bridgehead atoms. The van der Waals surface area contributed by atoms with Crippen LogP contribution in [0.3, 0.4) is 0 Å². The largest absolute Gasteiger partial charge is 0.465 e. The lowest BCUT2D eigenvalue weighted by molar-refractivity contribution is -0.384. The van der Waals surface area contributed by atoms with Crippen molar-refractivity contribution in [3.8, 4) is 0 Å². The first-order valence-electron chi connectivity index (χ1n) is 5.84. The fourth-order valence-corrected chi connectivity index (χ4v) is 1.67. The lowest BCUT2D eigenvalue weighted by Crippen LogP contribution is -2.16. The minimum absolute atomic E-state index is 0.0613. The molecule has 108 valence electrons. The second-order valence-corrected chi connectivity index (χ2v) is 4.17. The van der Waals surface area contributed by atoms with Gasteiger partial charge in [-0.2, -0.15) is 0 Å². The van der Waals surface area contributed by atoms with Crippen molar-refractivity contribution in [3.63, 3.8) is 0 Å². The standard InChI is InChI=1S/C13H15FN2O4/c1-4-5-8(2)15-11-6-9(13(17)20-3)10(14)7-12(11)16(18)19/h4,6-8,15H,1,5H2,2-3H3. The maximum atomic E-state index is 13.7. The Hall–Kier alpha value is -2.44. The molecule has 0 heterocycles. The van der Waals surface area contributed by atoms with Crippen molar-refractivity contribution in [1.82, 2.24) is 0 Å². The van der Waals surface area contributed by atoms with Crippen LogP contribution in [0, 0.1) is 15.9 Å². The summed E-state index contributed by atoms with van der Waals surface area (Å²) in [5.41, 5.74) is -0.733. The van der Waals surface area contributed by atoms with Crippen molar-refractivity contribution in [1.29, 1.82) is 0 Å². The second kappa shape index (κ2) is 6.65. The zero-order chi connectivity index (χ0) is 15.3. The number of rotatable bonds is 6. The average Bonchev–Trinajstić information content (AvgIpc) is 2.39. The van der Waals surface area contributed by atoms with Crippen LogP contribution in [-0.4, -0.2) is 24.0 Å². The van der Waals surface area contributed by atoms with E-state index in [1.54, 1.807) is 13.0 Å². The van der Waals surface area contributed by atoms with Gasteiger partial charge in [-0.1, -0.05) is 6.08 Å². The first-order chi connectivity index (χ1) is 9.40.